The molecule has 0 bridgehead atoms. The average Bonchev–Trinajstić information content (AvgIpc) is 2.43. The van der Waals surface area contributed by atoms with E-state index in [1.165, 1.54) is 0 Å². The van der Waals surface area contributed by atoms with Gasteiger partial charge in [0.1, 0.15) is 16.7 Å². The SMILES string of the molecule is Cc1c(NN)nc(C(C)C)nc1Sc1ccccc1Br. The van der Waals surface area contributed by atoms with Crippen molar-refractivity contribution in [3.05, 3.63) is 40.1 Å². The number of nitrogens with zero attached hydrogens (tertiary/aromatic N) is 2. The summed E-state index contributed by atoms with van der Waals surface area (Å²) < 4.78 is 1.05. The second-order valence-corrected chi connectivity index (χ2v) is 6.58. The van der Waals surface area contributed by atoms with Gasteiger partial charge in [0, 0.05) is 20.8 Å². The summed E-state index contributed by atoms with van der Waals surface area (Å²) in [6.07, 6.45) is 0. The van der Waals surface area contributed by atoms with E-state index in [1.807, 2.05) is 25.1 Å². The highest BCUT2D eigenvalue weighted by molar-refractivity contribution is 9.10. The Labute approximate surface area is 131 Å². The highest BCUT2D eigenvalue weighted by Crippen LogP contribution is 2.35. The van der Waals surface area contributed by atoms with E-state index >= 15 is 0 Å². The van der Waals surface area contributed by atoms with Crippen LogP contribution in [0.4, 0.5) is 5.82 Å². The molecule has 0 spiro atoms. The van der Waals surface area contributed by atoms with Gasteiger partial charge in [-0.1, -0.05) is 37.7 Å². The first-order valence-electron chi connectivity index (χ1n) is 6.30. The lowest BCUT2D eigenvalue weighted by atomic mass is 10.2. The van der Waals surface area contributed by atoms with E-state index in [0.29, 0.717) is 5.82 Å². The Morgan fingerprint density at radius 3 is 2.55 bits per heavy atom. The molecule has 0 radical (unpaired) electrons. The monoisotopic (exact) mass is 352 g/mol. The zero-order valence-electron chi connectivity index (χ0n) is 11.6. The van der Waals surface area contributed by atoms with E-state index in [-0.39, 0.29) is 5.92 Å². The molecule has 2 aromatic rings. The number of nitrogen functional groups attached to an aromatic ring is 1. The third kappa shape index (κ3) is 3.31. The third-order valence-corrected chi connectivity index (χ3v) is 4.94. The highest BCUT2D eigenvalue weighted by Gasteiger charge is 2.14. The predicted molar refractivity (Wildman–Crippen MR) is 86.9 cm³/mol. The fraction of sp³-hybridized carbons (Fsp3) is 0.286. The summed E-state index contributed by atoms with van der Waals surface area (Å²) in [5.74, 6) is 7.27. The molecule has 3 N–H and O–H groups in total. The van der Waals surface area contributed by atoms with Crippen LogP contribution in [-0.2, 0) is 0 Å². The third-order valence-electron chi connectivity index (χ3n) is 2.81. The van der Waals surface area contributed by atoms with E-state index in [1.54, 1.807) is 11.8 Å². The summed E-state index contributed by atoms with van der Waals surface area (Å²) in [6.45, 7) is 6.11. The molecule has 0 atom stereocenters. The Balaban J connectivity index is 2.45. The smallest absolute Gasteiger partial charge is 0.147 e. The van der Waals surface area contributed by atoms with Gasteiger partial charge in [-0.15, -0.1) is 0 Å². The van der Waals surface area contributed by atoms with Crippen LogP contribution in [0.5, 0.6) is 0 Å². The van der Waals surface area contributed by atoms with Gasteiger partial charge in [0.25, 0.3) is 0 Å². The van der Waals surface area contributed by atoms with Gasteiger partial charge < -0.3 is 5.43 Å². The maximum Gasteiger partial charge on any atom is 0.147 e. The lowest BCUT2D eigenvalue weighted by molar-refractivity contribution is 0.749. The van der Waals surface area contributed by atoms with Crippen LogP contribution in [0, 0.1) is 6.92 Å². The number of hydrogen-bond acceptors (Lipinski definition) is 5. The minimum atomic E-state index is 0.251. The number of anilines is 1. The highest BCUT2D eigenvalue weighted by atomic mass is 79.9. The topological polar surface area (TPSA) is 63.8 Å². The molecule has 0 aliphatic heterocycles. The van der Waals surface area contributed by atoms with Gasteiger partial charge in [0.05, 0.1) is 0 Å². The molecular weight excluding hydrogens is 336 g/mol. The molecule has 0 saturated heterocycles. The molecule has 0 amide bonds. The maximum atomic E-state index is 5.55. The molecule has 0 fully saturated rings. The summed E-state index contributed by atoms with van der Waals surface area (Å²) in [5.41, 5.74) is 3.61. The molecule has 20 heavy (non-hydrogen) atoms. The lowest BCUT2D eigenvalue weighted by Crippen LogP contribution is -2.13. The number of aromatic nitrogens is 2. The van der Waals surface area contributed by atoms with Crippen LogP contribution < -0.4 is 11.3 Å². The fourth-order valence-corrected chi connectivity index (χ4v) is 3.08. The molecule has 4 nitrogen and oxygen atoms in total. The number of hydrazine groups is 1. The van der Waals surface area contributed by atoms with Crippen LogP contribution in [0.25, 0.3) is 0 Å². The number of rotatable bonds is 4. The van der Waals surface area contributed by atoms with Crippen molar-refractivity contribution in [2.45, 2.75) is 36.6 Å². The van der Waals surface area contributed by atoms with Crippen molar-refractivity contribution in [1.29, 1.82) is 0 Å². The van der Waals surface area contributed by atoms with Crippen LogP contribution in [0.1, 0.15) is 31.2 Å². The van der Waals surface area contributed by atoms with E-state index in [0.717, 1.165) is 25.8 Å². The Hall–Kier alpha value is -1.11. The van der Waals surface area contributed by atoms with Crippen LogP contribution in [0.3, 0.4) is 0 Å². The van der Waals surface area contributed by atoms with Crippen molar-refractivity contribution in [1.82, 2.24) is 9.97 Å². The van der Waals surface area contributed by atoms with E-state index in [4.69, 9.17) is 5.84 Å². The van der Waals surface area contributed by atoms with Gasteiger partial charge in [-0.25, -0.2) is 15.8 Å². The van der Waals surface area contributed by atoms with Crippen LogP contribution >= 0.6 is 27.7 Å². The number of nitrogens with two attached hydrogens (primary N) is 1. The predicted octanol–water partition coefficient (Wildman–Crippen LogP) is 4.11. The second-order valence-electron chi connectivity index (χ2n) is 4.69. The van der Waals surface area contributed by atoms with Gasteiger partial charge >= 0.3 is 0 Å². The molecule has 1 aromatic carbocycles. The molecule has 0 saturated carbocycles. The van der Waals surface area contributed by atoms with Crippen molar-refractivity contribution in [3.8, 4) is 0 Å². The Kier molecular flexibility index (Phi) is 5.01. The Bertz CT molecular complexity index is 616. The molecule has 6 heteroatoms. The summed E-state index contributed by atoms with van der Waals surface area (Å²) in [4.78, 5) is 10.2. The first kappa shape index (κ1) is 15.3. The van der Waals surface area contributed by atoms with Gasteiger partial charge in [-0.3, -0.25) is 0 Å². The molecular formula is C14H17BrN4S. The zero-order valence-corrected chi connectivity index (χ0v) is 14.0. The van der Waals surface area contributed by atoms with Crippen molar-refractivity contribution >= 4 is 33.5 Å². The molecule has 106 valence electrons. The minimum Gasteiger partial charge on any atom is -0.308 e. The fourth-order valence-electron chi connectivity index (χ4n) is 1.64. The number of benzene rings is 1. The van der Waals surface area contributed by atoms with E-state index < -0.39 is 0 Å². The van der Waals surface area contributed by atoms with Crippen molar-refractivity contribution in [3.63, 3.8) is 0 Å². The quantitative estimate of drug-likeness (QED) is 0.492. The van der Waals surface area contributed by atoms with Crippen LogP contribution in [-0.4, -0.2) is 9.97 Å². The van der Waals surface area contributed by atoms with Gasteiger partial charge in [-0.05, 0) is 35.0 Å². The Morgan fingerprint density at radius 1 is 1.25 bits per heavy atom. The second kappa shape index (κ2) is 6.56. The molecule has 1 aromatic heterocycles. The van der Waals surface area contributed by atoms with Gasteiger partial charge in [0.2, 0.25) is 0 Å². The average molecular weight is 353 g/mol. The van der Waals surface area contributed by atoms with Gasteiger partial charge in [-0.2, -0.15) is 0 Å². The standard InChI is InChI=1S/C14H17BrN4S/c1-8(2)12-17-13(19-16)9(3)14(18-12)20-11-7-5-4-6-10(11)15/h4-8H,16H2,1-3H3,(H,17,18,19). The zero-order chi connectivity index (χ0) is 14.7. The first-order valence-corrected chi connectivity index (χ1v) is 7.91. The molecule has 2 rings (SSSR count). The van der Waals surface area contributed by atoms with Crippen LogP contribution in [0.2, 0.25) is 0 Å². The number of halogens is 1. The maximum absolute atomic E-state index is 5.55. The molecule has 0 aliphatic carbocycles. The summed E-state index contributed by atoms with van der Waals surface area (Å²) >= 11 is 5.17. The molecule has 0 unspecified atom stereocenters. The van der Waals surface area contributed by atoms with Crippen molar-refractivity contribution in [2.75, 3.05) is 5.43 Å². The Morgan fingerprint density at radius 2 is 1.95 bits per heavy atom. The lowest BCUT2D eigenvalue weighted by Gasteiger charge is -2.13. The largest absolute Gasteiger partial charge is 0.308 e. The van der Waals surface area contributed by atoms with Crippen LogP contribution in [0.15, 0.2) is 38.7 Å². The summed E-state index contributed by atoms with van der Waals surface area (Å²) in [6, 6.07) is 8.08. The summed E-state index contributed by atoms with van der Waals surface area (Å²) in [7, 11) is 0. The molecule has 0 aliphatic rings. The van der Waals surface area contributed by atoms with E-state index in [2.05, 4.69) is 51.2 Å². The normalized spacial score (nSPS) is 10.9. The number of nitrogens with one attached hydrogen (secondary N) is 1. The summed E-state index contributed by atoms with van der Waals surface area (Å²) in [5, 5.41) is 0.920. The van der Waals surface area contributed by atoms with E-state index in [9.17, 15) is 0 Å². The van der Waals surface area contributed by atoms with Crippen molar-refractivity contribution in [2.24, 2.45) is 5.84 Å². The first-order chi connectivity index (χ1) is 9.52. The number of hydrogen-bond donors (Lipinski definition) is 2. The molecule has 1 heterocycles. The minimum absolute atomic E-state index is 0.251. The van der Waals surface area contributed by atoms with Gasteiger partial charge in [0.15, 0.2) is 0 Å². The van der Waals surface area contributed by atoms with Crippen molar-refractivity contribution < 1.29 is 0 Å².